The van der Waals surface area contributed by atoms with Gasteiger partial charge in [0.15, 0.2) is 0 Å². The van der Waals surface area contributed by atoms with Gasteiger partial charge in [-0.3, -0.25) is 9.48 Å². The van der Waals surface area contributed by atoms with Gasteiger partial charge in [-0.2, -0.15) is 5.10 Å². The van der Waals surface area contributed by atoms with Gasteiger partial charge in [0, 0.05) is 31.2 Å². The fourth-order valence-corrected chi connectivity index (χ4v) is 2.83. The molecule has 0 radical (unpaired) electrons. The molecule has 1 aromatic carbocycles. The van der Waals surface area contributed by atoms with Crippen molar-refractivity contribution in [2.75, 3.05) is 19.6 Å². The van der Waals surface area contributed by atoms with Gasteiger partial charge < -0.3 is 15.7 Å². The summed E-state index contributed by atoms with van der Waals surface area (Å²) in [7, 11) is 0. The Morgan fingerprint density at radius 2 is 2.17 bits per heavy atom. The predicted octanol–water partition coefficient (Wildman–Crippen LogP) is 0.550. The molecular formula is C17H22N4O2. The minimum absolute atomic E-state index is 0.0682. The number of nitrogens with one attached hydrogen (secondary N) is 2. The standard InChI is InChI=1S/C17H22N4O2/c1-12-15(17(23)19-8-14-7-18-10-16(14)22)9-20-21(12)11-13-5-3-2-4-6-13/h2-6,9,14,16,18,22H,7-8,10-11H2,1H3,(H,19,23). The van der Waals surface area contributed by atoms with Gasteiger partial charge in [-0.25, -0.2) is 0 Å². The van der Waals surface area contributed by atoms with E-state index in [0.717, 1.165) is 17.8 Å². The van der Waals surface area contributed by atoms with Crippen LogP contribution in [0.2, 0.25) is 0 Å². The maximum atomic E-state index is 12.3. The smallest absolute Gasteiger partial charge is 0.254 e. The summed E-state index contributed by atoms with van der Waals surface area (Å²) in [6.45, 7) is 4.33. The normalized spacial score (nSPS) is 20.6. The van der Waals surface area contributed by atoms with Crippen molar-refractivity contribution in [3.63, 3.8) is 0 Å². The number of carbonyl (C=O) groups excluding carboxylic acids is 1. The number of nitrogens with zero attached hydrogens (tertiary/aromatic N) is 2. The van der Waals surface area contributed by atoms with Crippen LogP contribution in [0, 0.1) is 12.8 Å². The van der Waals surface area contributed by atoms with Gasteiger partial charge >= 0.3 is 0 Å². The first-order valence-electron chi connectivity index (χ1n) is 7.88. The summed E-state index contributed by atoms with van der Waals surface area (Å²) in [5, 5.41) is 20.1. The highest BCUT2D eigenvalue weighted by Gasteiger charge is 2.25. The Balaban J connectivity index is 1.63. The molecule has 0 aliphatic carbocycles. The van der Waals surface area contributed by atoms with Crippen molar-refractivity contribution in [1.82, 2.24) is 20.4 Å². The molecule has 0 spiro atoms. The van der Waals surface area contributed by atoms with Crippen LogP contribution in [0.3, 0.4) is 0 Å². The van der Waals surface area contributed by atoms with Gasteiger partial charge in [-0.15, -0.1) is 0 Å². The predicted molar refractivity (Wildman–Crippen MR) is 87.2 cm³/mol. The van der Waals surface area contributed by atoms with E-state index in [2.05, 4.69) is 15.7 Å². The number of aliphatic hydroxyl groups excluding tert-OH is 1. The van der Waals surface area contributed by atoms with Crippen LogP contribution in [-0.4, -0.2) is 46.5 Å². The molecule has 0 bridgehead atoms. The van der Waals surface area contributed by atoms with Crippen LogP contribution in [-0.2, 0) is 6.54 Å². The van der Waals surface area contributed by atoms with Crippen molar-refractivity contribution >= 4 is 5.91 Å². The van der Waals surface area contributed by atoms with Crippen molar-refractivity contribution in [2.45, 2.75) is 19.6 Å². The van der Waals surface area contributed by atoms with Crippen LogP contribution >= 0.6 is 0 Å². The molecule has 6 heteroatoms. The summed E-state index contributed by atoms with van der Waals surface area (Å²) in [6, 6.07) is 10.0. The Labute approximate surface area is 135 Å². The lowest BCUT2D eigenvalue weighted by Gasteiger charge is -2.14. The topological polar surface area (TPSA) is 79.2 Å². The second-order valence-corrected chi connectivity index (χ2v) is 5.98. The van der Waals surface area contributed by atoms with Crippen LogP contribution in [0.25, 0.3) is 0 Å². The molecule has 2 unspecified atom stereocenters. The number of β-amino-alcohol motifs (C(OH)–C–C–N with tert-alkyl or cyclic N) is 1. The van der Waals surface area contributed by atoms with E-state index in [4.69, 9.17) is 0 Å². The molecule has 1 amide bonds. The lowest BCUT2D eigenvalue weighted by molar-refractivity contribution is 0.0926. The number of hydrogen-bond donors (Lipinski definition) is 3. The maximum Gasteiger partial charge on any atom is 0.254 e. The van der Waals surface area contributed by atoms with Crippen molar-refractivity contribution in [1.29, 1.82) is 0 Å². The molecular weight excluding hydrogens is 292 g/mol. The van der Waals surface area contributed by atoms with Crippen molar-refractivity contribution in [2.24, 2.45) is 5.92 Å². The van der Waals surface area contributed by atoms with Crippen LogP contribution < -0.4 is 10.6 Å². The summed E-state index contributed by atoms with van der Waals surface area (Å²) < 4.78 is 1.83. The molecule has 1 saturated heterocycles. The average Bonchev–Trinajstić information content (AvgIpc) is 3.13. The summed E-state index contributed by atoms with van der Waals surface area (Å²) >= 11 is 0. The molecule has 1 aliphatic heterocycles. The molecule has 2 aromatic rings. The maximum absolute atomic E-state index is 12.3. The van der Waals surface area contributed by atoms with Gasteiger partial charge in [-0.1, -0.05) is 30.3 Å². The summed E-state index contributed by atoms with van der Waals surface area (Å²) in [4.78, 5) is 12.3. The van der Waals surface area contributed by atoms with Gasteiger partial charge in [0.05, 0.1) is 24.4 Å². The Bertz CT molecular complexity index is 668. The Morgan fingerprint density at radius 3 is 2.87 bits per heavy atom. The largest absolute Gasteiger partial charge is 0.391 e. The number of aliphatic hydroxyl groups is 1. The Hall–Kier alpha value is -2.18. The molecule has 3 N–H and O–H groups in total. The number of carbonyl (C=O) groups is 1. The Kier molecular flexibility index (Phi) is 4.73. The van der Waals surface area contributed by atoms with E-state index in [-0.39, 0.29) is 11.8 Å². The highest BCUT2D eigenvalue weighted by molar-refractivity contribution is 5.95. The summed E-state index contributed by atoms with van der Waals surface area (Å²) in [5.74, 6) is -0.0699. The van der Waals surface area contributed by atoms with Gasteiger partial charge in [0.2, 0.25) is 0 Å². The minimum Gasteiger partial charge on any atom is -0.391 e. The van der Waals surface area contributed by atoms with E-state index in [1.807, 2.05) is 41.9 Å². The number of amides is 1. The number of aromatic nitrogens is 2. The highest BCUT2D eigenvalue weighted by Crippen LogP contribution is 2.11. The highest BCUT2D eigenvalue weighted by atomic mass is 16.3. The first-order valence-corrected chi connectivity index (χ1v) is 7.88. The molecule has 2 heterocycles. The minimum atomic E-state index is -0.391. The third kappa shape index (κ3) is 3.60. The van der Waals surface area contributed by atoms with Crippen LogP contribution in [0.1, 0.15) is 21.6 Å². The van der Waals surface area contributed by atoms with E-state index in [1.165, 1.54) is 0 Å². The average molecular weight is 314 g/mol. The first-order chi connectivity index (χ1) is 11.1. The first kappa shape index (κ1) is 15.7. The van der Waals surface area contributed by atoms with E-state index in [9.17, 15) is 9.90 Å². The zero-order chi connectivity index (χ0) is 16.2. The molecule has 2 atom stereocenters. The van der Waals surface area contributed by atoms with E-state index in [0.29, 0.717) is 25.2 Å². The zero-order valence-corrected chi connectivity index (χ0v) is 13.2. The lowest BCUT2D eigenvalue weighted by atomic mass is 10.1. The number of rotatable bonds is 5. The third-order valence-electron chi connectivity index (χ3n) is 4.35. The Morgan fingerprint density at radius 1 is 1.39 bits per heavy atom. The quantitative estimate of drug-likeness (QED) is 0.753. The van der Waals surface area contributed by atoms with E-state index < -0.39 is 6.10 Å². The van der Waals surface area contributed by atoms with Crippen LogP contribution in [0.5, 0.6) is 0 Å². The molecule has 3 rings (SSSR count). The molecule has 1 aliphatic rings. The van der Waals surface area contributed by atoms with Gasteiger partial charge in [0.1, 0.15) is 0 Å². The van der Waals surface area contributed by atoms with Gasteiger partial charge in [0.25, 0.3) is 5.91 Å². The van der Waals surface area contributed by atoms with E-state index >= 15 is 0 Å². The van der Waals surface area contributed by atoms with Crippen molar-refractivity contribution in [3.8, 4) is 0 Å². The number of hydrogen-bond acceptors (Lipinski definition) is 4. The molecule has 1 aromatic heterocycles. The van der Waals surface area contributed by atoms with Gasteiger partial charge in [-0.05, 0) is 12.5 Å². The molecule has 6 nitrogen and oxygen atoms in total. The van der Waals surface area contributed by atoms with E-state index in [1.54, 1.807) is 6.20 Å². The number of benzene rings is 1. The molecule has 0 saturated carbocycles. The second-order valence-electron chi connectivity index (χ2n) is 5.98. The van der Waals surface area contributed by atoms with Crippen molar-refractivity contribution < 1.29 is 9.90 Å². The van der Waals surface area contributed by atoms with Crippen LogP contribution in [0.15, 0.2) is 36.5 Å². The second kappa shape index (κ2) is 6.93. The lowest BCUT2D eigenvalue weighted by Crippen LogP contribution is -2.34. The molecule has 23 heavy (non-hydrogen) atoms. The SMILES string of the molecule is Cc1c(C(=O)NCC2CNCC2O)cnn1Cc1ccccc1. The molecule has 1 fully saturated rings. The fraction of sp³-hybridized carbons (Fsp3) is 0.412. The monoisotopic (exact) mass is 314 g/mol. The zero-order valence-electron chi connectivity index (χ0n) is 13.2. The fourth-order valence-electron chi connectivity index (χ4n) is 2.83. The summed E-state index contributed by atoms with van der Waals surface area (Å²) in [6.07, 6.45) is 1.22. The van der Waals surface area contributed by atoms with Crippen molar-refractivity contribution in [3.05, 3.63) is 53.3 Å². The van der Waals surface area contributed by atoms with Crippen LogP contribution in [0.4, 0.5) is 0 Å². The molecule has 122 valence electrons. The third-order valence-corrected chi connectivity index (χ3v) is 4.35. The summed E-state index contributed by atoms with van der Waals surface area (Å²) in [5.41, 5.74) is 2.57.